The summed E-state index contributed by atoms with van der Waals surface area (Å²) in [6.45, 7) is 0. The maximum Gasteiger partial charge on any atom is 0.242 e. The summed E-state index contributed by atoms with van der Waals surface area (Å²) in [6.07, 6.45) is 0.217. The van der Waals surface area contributed by atoms with Crippen molar-refractivity contribution in [1.29, 1.82) is 0 Å². The van der Waals surface area contributed by atoms with Crippen LogP contribution >= 0.6 is 0 Å². The van der Waals surface area contributed by atoms with E-state index in [0.717, 1.165) is 5.56 Å². The third kappa shape index (κ3) is 5.66. The molecule has 3 rings (SSSR count). The first-order chi connectivity index (χ1) is 14.0. The number of ether oxygens (including phenoxy) is 1. The highest BCUT2D eigenvalue weighted by atomic mass is 32.2. The standard InChI is InChI=1S/C22H22N2O4S/c1-28-19-12-14-20(15-13-19)29(26,27)24-21(16-17-8-4-2-5-9-17)22(25)23-18-10-6-3-7-11-18/h2-15,21,24H,16H2,1H3,(H,23,25)/t21-/m0/s1. The van der Waals surface area contributed by atoms with E-state index in [4.69, 9.17) is 4.74 Å². The summed E-state index contributed by atoms with van der Waals surface area (Å²) in [7, 11) is -2.40. The fourth-order valence-corrected chi connectivity index (χ4v) is 3.99. The van der Waals surface area contributed by atoms with Crippen LogP contribution in [0.2, 0.25) is 0 Å². The van der Waals surface area contributed by atoms with Gasteiger partial charge in [0.1, 0.15) is 11.8 Å². The Hall–Kier alpha value is -3.16. The number of carbonyl (C=O) groups is 1. The number of carbonyl (C=O) groups excluding carboxylic acids is 1. The van der Waals surface area contributed by atoms with Crippen LogP contribution in [0.5, 0.6) is 5.75 Å². The molecule has 0 saturated carbocycles. The van der Waals surface area contributed by atoms with Gasteiger partial charge in [0.05, 0.1) is 12.0 Å². The number of hydrogen-bond acceptors (Lipinski definition) is 4. The molecule has 0 aliphatic rings. The quantitative estimate of drug-likeness (QED) is 0.597. The zero-order valence-corrected chi connectivity index (χ0v) is 16.7. The predicted molar refractivity (Wildman–Crippen MR) is 112 cm³/mol. The molecule has 6 nitrogen and oxygen atoms in total. The fraction of sp³-hybridized carbons (Fsp3) is 0.136. The molecule has 0 unspecified atom stereocenters. The third-order valence-electron chi connectivity index (χ3n) is 4.31. The molecule has 0 heterocycles. The lowest BCUT2D eigenvalue weighted by Crippen LogP contribution is -2.45. The molecule has 7 heteroatoms. The van der Waals surface area contributed by atoms with Gasteiger partial charge >= 0.3 is 0 Å². The van der Waals surface area contributed by atoms with Gasteiger partial charge in [-0.1, -0.05) is 48.5 Å². The molecule has 0 aliphatic heterocycles. The van der Waals surface area contributed by atoms with Gasteiger partial charge in [0.25, 0.3) is 0 Å². The number of anilines is 1. The molecule has 1 atom stereocenters. The fourth-order valence-electron chi connectivity index (χ4n) is 2.80. The molecule has 0 aromatic heterocycles. The van der Waals surface area contributed by atoms with Crippen molar-refractivity contribution >= 4 is 21.6 Å². The van der Waals surface area contributed by atoms with Crippen molar-refractivity contribution in [2.24, 2.45) is 0 Å². The van der Waals surface area contributed by atoms with Crippen molar-refractivity contribution in [1.82, 2.24) is 4.72 Å². The van der Waals surface area contributed by atoms with Gasteiger partial charge in [-0.2, -0.15) is 4.72 Å². The first-order valence-electron chi connectivity index (χ1n) is 9.04. The number of sulfonamides is 1. The van der Waals surface area contributed by atoms with Crippen LogP contribution in [-0.2, 0) is 21.2 Å². The molecule has 1 amide bonds. The highest BCUT2D eigenvalue weighted by Gasteiger charge is 2.26. The van der Waals surface area contributed by atoms with Crippen LogP contribution in [0.1, 0.15) is 5.56 Å². The second-order valence-corrected chi connectivity index (χ2v) is 8.11. The lowest BCUT2D eigenvalue weighted by atomic mass is 10.1. The van der Waals surface area contributed by atoms with E-state index in [9.17, 15) is 13.2 Å². The largest absolute Gasteiger partial charge is 0.497 e. The SMILES string of the molecule is COc1ccc(S(=O)(=O)N[C@@H](Cc2ccccc2)C(=O)Nc2ccccc2)cc1. The number of methoxy groups -OCH3 is 1. The van der Waals surface area contributed by atoms with Crippen LogP contribution in [0, 0.1) is 0 Å². The molecule has 3 aromatic carbocycles. The van der Waals surface area contributed by atoms with Gasteiger partial charge < -0.3 is 10.1 Å². The number of para-hydroxylation sites is 1. The third-order valence-corrected chi connectivity index (χ3v) is 5.80. The van der Waals surface area contributed by atoms with Crippen LogP contribution in [0.15, 0.2) is 89.8 Å². The highest BCUT2D eigenvalue weighted by Crippen LogP contribution is 2.17. The summed E-state index contributed by atoms with van der Waals surface area (Å²) in [5, 5.41) is 2.77. The molecule has 0 fully saturated rings. The van der Waals surface area contributed by atoms with E-state index < -0.39 is 22.0 Å². The molecule has 0 bridgehead atoms. The first-order valence-corrected chi connectivity index (χ1v) is 10.5. The summed E-state index contributed by atoms with van der Waals surface area (Å²) in [5.74, 6) is 0.115. The van der Waals surface area contributed by atoms with Gasteiger partial charge in [0.2, 0.25) is 15.9 Å². The number of amides is 1. The van der Waals surface area contributed by atoms with Gasteiger partial charge in [-0.25, -0.2) is 8.42 Å². The molecule has 0 spiro atoms. The summed E-state index contributed by atoms with van der Waals surface area (Å²) in [5.41, 5.74) is 1.44. The normalized spacial score (nSPS) is 12.2. The molecule has 0 saturated heterocycles. The van der Waals surface area contributed by atoms with Crippen LogP contribution in [0.3, 0.4) is 0 Å². The van der Waals surface area contributed by atoms with Crippen LogP contribution in [-0.4, -0.2) is 27.5 Å². The van der Waals surface area contributed by atoms with Crippen molar-refractivity contribution in [3.63, 3.8) is 0 Å². The van der Waals surface area contributed by atoms with E-state index >= 15 is 0 Å². The average Bonchev–Trinajstić information content (AvgIpc) is 2.74. The van der Waals surface area contributed by atoms with Gasteiger partial charge in [-0.15, -0.1) is 0 Å². The Labute approximate surface area is 170 Å². The van der Waals surface area contributed by atoms with E-state index in [-0.39, 0.29) is 11.3 Å². The first kappa shape index (κ1) is 20.6. The van der Waals surface area contributed by atoms with Crippen molar-refractivity contribution in [3.8, 4) is 5.75 Å². The molecular weight excluding hydrogens is 388 g/mol. The minimum Gasteiger partial charge on any atom is -0.497 e. The predicted octanol–water partition coefficient (Wildman–Crippen LogP) is 3.22. The molecule has 0 aliphatic carbocycles. The van der Waals surface area contributed by atoms with E-state index in [1.54, 1.807) is 36.4 Å². The number of nitrogens with one attached hydrogen (secondary N) is 2. The minimum atomic E-state index is -3.91. The number of hydrogen-bond donors (Lipinski definition) is 2. The van der Waals surface area contributed by atoms with Gasteiger partial charge in [-0.3, -0.25) is 4.79 Å². The van der Waals surface area contributed by atoms with Crippen LogP contribution in [0.25, 0.3) is 0 Å². The molecular formula is C22H22N2O4S. The molecule has 2 N–H and O–H groups in total. The number of rotatable bonds is 8. The van der Waals surface area contributed by atoms with Gasteiger partial charge in [0, 0.05) is 5.69 Å². The van der Waals surface area contributed by atoms with E-state index in [0.29, 0.717) is 11.4 Å². The van der Waals surface area contributed by atoms with E-state index in [1.807, 2.05) is 36.4 Å². The van der Waals surface area contributed by atoms with Crippen molar-refractivity contribution in [2.45, 2.75) is 17.4 Å². The smallest absolute Gasteiger partial charge is 0.242 e. The second kappa shape index (κ2) is 9.36. The maximum absolute atomic E-state index is 12.9. The Bertz CT molecular complexity index is 1040. The monoisotopic (exact) mass is 410 g/mol. The van der Waals surface area contributed by atoms with Crippen molar-refractivity contribution in [2.75, 3.05) is 12.4 Å². The maximum atomic E-state index is 12.9. The van der Waals surface area contributed by atoms with Crippen LogP contribution in [0.4, 0.5) is 5.69 Å². The Morgan fingerprint density at radius 3 is 2.07 bits per heavy atom. The lowest BCUT2D eigenvalue weighted by Gasteiger charge is -2.19. The molecule has 0 radical (unpaired) electrons. The zero-order chi connectivity index (χ0) is 20.7. The molecule has 150 valence electrons. The van der Waals surface area contributed by atoms with E-state index in [2.05, 4.69) is 10.0 Å². The van der Waals surface area contributed by atoms with E-state index in [1.165, 1.54) is 19.2 Å². The summed E-state index contributed by atoms with van der Waals surface area (Å²) in [6, 6.07) is 23.2. The van der Waals surface area contributed by atoms with Crippen molar-refractivity contribution in [3.05, 3.63) is 90.5 Å². The Morgan fingerprint density at radius 1 is 0.897 bits per heavy atom. The average molecular weight is 410 g/mol. The zero-order valence-electron chi connectivity index (χ0n) is 15.9. The number of benzene rings is 3. The lowest BCUT2D eigenvalue weighted by molar-refractivity contribution is -0.117. The molecule has 29 heavy (non-hydrogen) atoms. The Morgan fingerprint density at radius 2 is 1.48 bits per heavy atom. The highest BCUT2D eigenvalue weighted by molar-refractivity contribution is 7.89. The Balaban J connectivity index is 1.84. The van der Waals surface area contributed by atoms with Gasteiger partial charge in [-0.05, 0) is 48.4 Å². The molecule has 3 aromatic rings. The second-order valence-electron chi connectivity index (χ2n) is 6.39. The Kier molecular flexibility index (Phi) is 6.64. The van der Waals surface area contributed by atoms with Crippen LogP contribution < -0.4 is 14.8 Å². The van der Waals surface area contributed by atoms with Crippen molar-refractivity contribution < 1.29 is 17.9 Å². The summed E-state index contributed by atoms with van der Waals surface area (Å²) < 4.78 is 33.3. The van der Waals surface area contributed by atoms with Gasteiger partial charge in [0.15, 0.2) is 0 Å². The minimum absolute atomic E-state index is 0.0591. The summed E-state index contributed by atoms with van der Waals surface area (Å²) in [4.78, 5) is 12.9. The topological polar surface area (TPSA) is 84.5 Å². The summed E-state index contributed by atoms with van der Waals surface area (Å²) >= 11 is 0.